The number of amides is 2. The smallest absolute Gasteiger partial charge is 0.425 e. The van der Waals surface area contributed by atoms with Crippen molar-refractivity contribution in [2.45, 2.75) is 59.7 Å². The molecule has 1 aromatic heterocycles. The lowest BCUT2D eigenvalue weighted by Crippen LogP contribution is -2.44. The topological polar surface area (TPSA) is 68.7 Å². The molecular weight excluding hydrogens is 539 g/mol. The van der Waals surface area contributed by atoms with Crippen LogP contribution in [0.2, 0.25) is 0 Å². The van der Waals surface area contributed by atoms with Gasteiger partial charge in [0.1, 0.15) is 11.2 Å². The van der Waals surface area contributed by atoms with E-state index in [4.69, 9.17) is 9.47 Å². The third-order valence-electron chi connectivity index (χ3n) is 3.36. The molecule has 6 nitrogen and oxygen atoms in total. The van der Waals surface area contributed by atoms with Crippen LogP contribution in [-0.2, 0) is 9.47 Å². The molecule has 0 saturated heterocycles. The van der Waals surface area contributed by atoms with E-state index < -0.39 is 23.4 Å². The molecule has 0 aliphatic carbocycles. The summed E-state index contributed by atoms with van der Waals surface area (Å²) in [6.07, 6.45) is -1.66. The molecule has 0 saturated carbocycles. The van der Waals surface area contributed by atoms with Crippen molar-refractivity contribution in [3.63, 3.8) is 0 Å². The zero-order chi connectivity index (χ0) is 21.4. The summed E-state index contributed by atoms with van der Waals surface area (Å²) in [5.74, 6) is 0.191. The number of aryl methyl sites for hydroxylation is 1. The third-order valence-corrected chi connectivity index (χ3v) is 4.64. The number of pyridine rings is 1. The molecule has 0 fully saturated rings. The van der Waals surface area contributed by atoms with E-state index in [0.717, 1.165) is 18.3 Å². The maximum atomic E-state index is 12.9. The number of ether oxygens (including phenoxy) is 2. The van der Waals surface area contributed by atoms with E-state index in [0.29, 0.717) is 11.1 Å². The van der Waals surface area contributed by atoms with E-state index in [1.54, 1.807) is 48.5 Å². The highest BCUT2D eigenvalue weighted by molar-refractivity contribution is 14.1. The van der Waals surface area contributed by atoms with Crippen LogP contribution in [0.4, 0.5) is 15.4 Å². The molecule has 0 aliphatic heterocycles. The molecule has 0 N–H and O–H groups in total. The summed E-state index contributed by atoms with van der Waals surface area (Å²) in [4.78, 5) is 31.2. The number of aromatic nitrogens is 1. The molecule has 0 aliphatic rings. The second-order valence-electron chi connectivity index (χ2n) is 8.38. The van der Waals surface area contributed by atoms with Crippen LogP contribution >= 0.6 is 38.5 Å². The predicted octanol–water partition coefficient (Wildman–Crippen LogP) is 6.59. The molecule has 2 rings (SSSR count). The van der Waals surface area contributed by atoms with Crippen molar-refractivity contribution >= 4 is 67.4 Å². The van der Waals surface area contributed by atoms with Gasteiger partial charge < -0.3 is 9.47 Å². The fourth-order valence-corrected chi connectivity index (χ4v) is 4.07. The Morgan fingerprint density at radius 1 is 1.00 bits per heavy atom. The van der Waals surface area contributed by atoms with Gasteiger partial charge in [0.2, 0.25) is 0 Å². The number of fused-ring (bicyclic) bond motifs is 1. The normalized spacial score (nSPS) is 12.0. The molecule has 0 radical (unpaired) electrons. The van der Waals surface area contributed by atoms with Gasteiger partial charge in [-0.25, -0.2) is 14.6 Å². The average molecular weight is 563 g/mol. The number of carbonyl (C=O) groups excluding carboxylic acids is 2. The molecule has 8 heteroatoms. The Labute approximate surface area is 187 Å². The molecular formula is C20H24BrIN2O4. The van der Waals surface area contributed by atoms with E-state index in [2.05, 4.69) is 43.5 Å². The van der Waals surface area contributed by atoms with Crippen molar-refractivity contribution in [2.75, 3.05) is 4.90 Å². The number of imide groups is 1. The Balaban J connectivity index is 2.63. The van der Waals surface area contributed by atoms with Crippen LogP contribution in [0, 0.1) is 10.5 Å². The lowest BCUT2D eigenvalue weighted by atomic mass is 10.1. The van der Waals surface area contributed by atoms with E-state index in [-0.39, 0.29) is 5.82 Å². The number of anilines is 1. The minimum Gasteiger partial charge on any atom is -0.443 e. The van der Waals surface area contributed by atoms with Gasteiger partial charge in [0, 0.05) is 13.4 Å². The van der Waals surface area contributed by atoms with Crippen LogP contribution in [0.5, 0.6) is 0 Å². The minimum absolute atomic E-state index is 0.191. The van der Waals surface area contributed by atoms with Crippen LogP contribution in [0.1, 0.15) is 47.1 Å². The predicted molar refractivity (Wildman–Crippen MR) is 122 cm³/mol. The highest BCUT2D eigenvalue weighted by Crippen LogP contribution is 2.30. The highest BCUT2D eigenvalue weighted by atomic mass is 127. The van der Waals surface area contributed by atoms with Gasteiger partial charge in [0.15, 0.2) is 5.82 Å². The van der Waals surface area contributed by atoms with Gasteiger partial charge in [-0.05, 0) is 94.8 Å². The maximum absolute atomic E-state index is 12.9. The van der Waals surface area contributed by atoms with Gasteiger partial charge in [0.05, 0.1) is 5.52 Å². The number of halogens is 2. The van der Waals surface area contributed by atoms with Crippen molar-refractivity contribution in [1.82, 2.24) is 4.98 Å². The molecule has 1 aromatic carbocycles. The van der Waals surface area contributed by atoms with Gasteiger partial charge in [0.25, 0.3) is 0 Å². The fourth-order valence-electron chi connectivity index (χ4n) is 2.39. The van der Waals surface area contributed by atoms with Crippen LogP contribution in [-0.4, -0.2) is 28.4 Å². The first kappa shape index (κ1) is 22.9. The largest absolute Gasteiger partial charge is 0.443 e. The van der Waals surface area contributed by atoms with Gasteiger partial charge in [-0.1, -0.05) is 15.9 Å². The fraction of sp³-hybridized carbons (Fsp3) is 0.450. The van der Waals surface area contributed by atoms with E-state index in [9.17, 15) is 9.59 Å². The number of carbonyl (C=O) groups is 2. The number of nitrogens with zero attached hydrogens (tertiary/aromatic N) is 2. The molecule has 0 atom stereocenters. The third kappa shape index (κ3) is 5.79. The summed E-state index contributed by atoms with van der Waals surface area (Å²) >= 11 is 5.65. The van der Waals surface area contributed by atoms with Crippen LogP contribution in [0.15, 0.2) is 22.7 Å². The maximum Gasteiger partial charge on any atom is 0.425 e. The molecule has 0 unspecified atom stereocenters. The summed E-state index contributed by atoms with van der Waals surface area (Å²) in [6, 6.07) is 5.74. The summed E-state index contributed by atoms with van der Waals surface area (Å²) in [5.41, 5.74) is -0.220. The van der Waals surface area contributed by atoms with Crippen molar-refractivity contribution in [3.8, 4) is 0 Å². The van der Waals surface area contributed by atoms with Crippen LogP contribution in [0.25, 0.3) is 10.9 Å². The summed E-state index contributed by atoms with van der Waals surface area (Å²) in [6.45, 7) is 12.2. The Morgan fingerprint density at radius 2 is 1.50 bits per heavy atom. The van der Waals surface area contributed by atoms with Gasteiger partial charge in [-0.15, -0.1) is 0 Å². The Kier molecular flexibility index (Phi) is 6.65. The quantitative estimate of drug-likeness (QED) is 0.367. The second-order valence-corrected chi connectivity index (χ2v) is 10.5. The SMILES string of the molecule is Cc1cc2cc(Br)cc(I)c2nc1N(C(=O)OC(C)(C)C)C(=O)OC(C)(C)C. The Hall–Kier alpha value is -1.42. The summed E-state index contributed by atoms with van der Waals surface area (Å²) in [5, 5.41) is 0.897. The zero-order valence-corrected chi connectivity index (χ0v) is 20.8. The lowest BCUT2D eigenvalue weighted by Gasteiger charge is -2.28. The van der Waals surface area contributed by atoms with Gasteiger partial charge >= 0.3 is 12.2 Å². The Bertz CT molecular complexity index is 904. The van der Waals surface area contributed by atoms with E-state index in [1.807, 2.05) is 18.2 Å². The first-order chi connectivity index (χ1) is 12.7. The lowest BCUT2D eigenvalue weighted by molar-refractivity contribution is 0.0429. The van der Waals surface area contributed by atoms with E-state index in [1.165, 1.54) is 0 Å². The van der Waals surface area contributed by atoms with Gasteiger partial charge in [-0.3, -0.25) is 0 Å². The molecule has 152 valence electrons. The van der Waals surface area contributed by atoms with Gasteiger partial charge in [-0.2, -0.15) is 4.90 Å². The second kappa shape index (κ2) is 8.14. The van der Waals surface area contributed by atoms with Crippen molar-refractivity contribution in [2.24, 2.45) is 0 Å². The number of hydrogen-bond acceptors (Lipinski definition) is 5. The van der Waals surface area contributed by atoms with Crippen LogP contribution in [0.3, 0.4) is 0 Å². The number of rotatable bonds is 1. The van der Waals surface area contributed by atoms with Crippen molar-refractivity contribution in [3.05, 3.63) is 31.8 Å². The highest BCUT2D eigenvalue weighted by Gasteiger charge is 2.34. The van der Waals surface area contributed by atoms with Crippen molar-refractivity contribution in [1.29, 1.82) is 0 Å². The molecule has 28 heavy (non-hydrogen) atoms. The van der Waals surface area contributed by atoms with Crippen molar-refractivity contribution < 1.29 is 19.1 Å². The average Bonchev–Trinajstić information content (AvgIpc) is 2.44. The summed E-state index contributed by atoms with van der Waals surface area (Å²) < 4.78 is 12.7. The summed E-state index contributed by atoms with van der Waals surface area (Å²) in [7, 11) is 0. The minimum atomic E-state index is -0.830. The first-order valence-corrected chi connectivity index (χ1v) is 10.6. The zero-order valence-electron chi connectivity index (χ0n) is 17.0. The molecule has 1 heterocycles. The number of benzene rings is 1. The van der Waals surface area contributed by atoms with Crippen LogP contribution < -0.4 is 4.90 Å². The molecule has 2 aromatic rings. The monoisotopic (exact) mass is 562 g/mol. The van der Waals surface area contributed by atoms with E-state index >= 15 is 0 Å². The first-order valence-electron chi connectivity index (χ1n) is 8.70. The molecule has 0 spiro atoms. The molecule has 2 amide bonds. The number of hydrogen-bond donors (Lipinski definition) is 0. The standard InChI is InChI=1S/C20H24BrIN2O4/c1-11-8-12-9-13(21)10-14(22)15(12)23-16(11)24(17(25)27-19(2,3)4)18(26)28-20(5,6)7/h8-10H,1-7H3. The Morgan fingerprint density at radius 3 is 1.96 bits per heavy atom. The molecule has 0 bridgehead atoms.